The minimum atomic E-state index is -3.19. The van der Waals surface area contributed by atoms with Crippen molar-refractivity contribution in [2.75, 3.05) is 30.3 Å². The number of hydrogen-bond donors (Lipinski definition) is 0. The summed E-state index contributed by atoms with van der Waals surface area (Å²) in [5, 5.41) is 0. The standard InChI is InChI=1S/C18H20FNO3S/c1-2-24(21,22)17-8-6-16(7-9-17)20-10-11-23-18(13-20)14-4-3-5-15(19)12-14/h3-9,12,18H,2,10-11,13H2,1H3/t18-/m0/s1. The fraction of sp³-hybridized carbons (Fsp3) is 0.333. The largest absolute Gasteiger partial charge is 0.370 e. The van der Waals surface area contributed by atoms with Gasteiger partial charge in [0.2, 0.25) is 0 Å². The topological polar surface area (TPSA) is 46.6 Å². The summed E-state index contributed by atoms with van der Waals surface area (Å²) in [6.45, 7) is 3.49. The van der Waals surface area contributed by atoms with Gasteiger partial charge in [0.25, 0.3) is 0 Å². The summed E-state index contributed by atoms with van der Waals surface area (Å²) in [4.78, 5) is 2.46. The van der Waals surface area contributed by atoms with Gasteiger partial charge in [-0.3, -0.25) is 0 Å². The van der Waals surface area contributed by atoms with E-state index in [4.69, 9.17) is 4.74 Å². The second kappa shape index (κ2) is 6.91. The lowest BCUT2D eigenvalue weighted by molar-refractivity contribution is 0.0396. The average Bonchev–Trinajstić information content (AvgIpc) is 2.62. The molecule has 1 saturated heterocycles. The van der Waals surface area contributed by atoms with Gasteiger partial charge >= 0.3 is 0 Å². The Kier molecular flexibility index (Phi) is 4.87. The van der Waals surface area contributed by atoms with E-state index in [1.807, 2.05) is 18.2 Å². The molecule has 0 bridgehead atoms. The first-order valence-electron chi connectivity index (χ1n) is 7.94. The van der Waals surface area contributed by atoms with E-state index in [0.717, 1.165) is 11.3 Å². The second-order valence-corrected chi connectivity index (χ2v) is 8.04. The van der Waals surface area contributed by atoms with E-state index in [1.54, 1.807) is 25.1 Å². The lowest BCUT2D eigenvalue weighted by atomic mass is 10.1. The van der Waals surface area contributed by atoms with E-state index >= 15 is 0 Å². The van der Waals surface area contributed by atoms with Crippen molar-refractivity contribution in [2.24, 2.45) is 0 Å². The Hall–Kier alpha value is -1.92. The predicted molar refractivity (Wildman–Crippen MR) is 91.5 cm³/mol. The summed E-state index contributed by atoms with van der Waals surface area (Å²) in [6.07, 6.45) is -0.200. The molecule has 1 aliphatic rings. The van der Waals surface area contributed by atoms with Crippen LogP contribution in [0.3, 0.4) is 0 Å². The molecule has 1 heterocycles. The summed E-state index contributed by atoms with van der Waals surface area (Å²) in [6, 6.07) is 13.3. The zero-order valence-electron chi connectivity index (χ0n) is 13.5. The highest BCUT2D eigenvalue weighted by atomic mass is 32.2. The van der Waals surface area contributed by atoms with Crippen LogP contribution in [0, 0.1) is 5.82 Å². The molecule has 1 aliphatic heterocycles. The van der Waals surface area contributed by atoms with Gasteiger partial charge in [0, 0.05) is 18.8 Å². The molecule has 0 amide bonds. The molecule has 1 fully saturated rings. The van der Waals surface area contributed by atoms with Gasteiger partial charge < -0.3 is 9.64 Å². The van der Waals surface area contributed by atoms with Crippen molar-refractivity contribution >= 4 is 15.5 Å². The molecular weight excluding hydrogens is 329 g/mol. The van der Waals surface area contributed by atoms with Gasteiger partial charge in [-0.15, -0.1) is 0 Å². The molecule has 0 unspecified atom stereocenters. The molecule has 1 atom stereocenters. The van der Waals surface area contributed by atoms with Gasteiger partial charge in [0.1, 0.15) is 11.9 Å². The highest BCUT2D eigenvalue weighted by Gasteiger charge is 2.23. The molecule has 0 N–H and O–H groups in total. The Morgan fingerprint density at radius 1 is 1.21 bits per heavy atom. The molecule has 128 valence electrons. The molecule has 0 aliphatic carbocycles. The third-order valence-electron chi connectivity index (χ3n) is 4.23. The summed E-state index contributed by atoms with van der Waals surface area (Å²) in [5.41, 5.74) is 1.75. The van der Waals surface area contributed by atoms with E-state index in [0.29, 0.717) is 24.6 Å². The zero-order chi connectivity index (χ0) is 17.2. The molecule has 0 saturated carbocycles. The van der Waals surface area contributed by atoms with Gasteiger partial charge in [-0.1, -0.05) is 19.1 Å². The quantitative estimate of drug-likeness (QED) is 0.850. The van der Waals surface area contributed by atoms with Crippen LogP contribution in [0.15, 0.2) is 53.4 Å². The van der Waals surface area contributed by atoms with E-state index in [9.17, 15) is 12.8 Å². The van der Waals surface area contributed by atoms with E-state index in [2.05, 4.69) is 4.90 Å². The predicted octanol–water partition coefficient (Wildman–Crippen LogP) is 3.20. The Morgan fingerprint density at radius 3 is 2.62 bits per heavy atom. The molecule has 4 nitrogen and oxygen atoms in total. The van der Waals surface area contributed by atoms with Crippen LogP contribution >= 0.6 is 0 Å². The Balaban J connectivity index is 1.77. The summed E-state index contributed by atoms with van der Waals surface area (Å²) >= 11 is 0. The van der Waals surface area contributed by atoms with Crippen LogP contribution in [0.5, 0.6) is 0 Å². The molecule has 24 heavy (non-hydrogen) atoms. The summed E-state index contributed by atoms with van der Waals surface area (Å²) < 4.78 is 42.9. The molecule has 0 radical (unpaired) electrons. The molecule has 6 heteroatoms. The van der Waals surface area contributed by atoms with Gasteiger partial charge in [0.15, 0.2) is 9.84 Å². The van der Waals surface area contributed by atoms with Crippen molar-refractivity contribution in [3.63, 3.8) is 0 Å². The summed E-state index contributed by atoms with van der Waals surface area (Å²) in [7, 11) is -3.19. The van der Waals surface area contributed by atoms with Gasteiger partial charge in [-0.25, -0.2) is 12.8 Å². The van der Waals surface area contributed by atoms with E-state index in [-0.39, 0.29) is 17.7 Å². The minimum Gasteiger partial charge on any atom is -0.370 e. The van der Waals surface area contributed by atoms with Gasteiger partial charge in [0.05, 0.1) is 17.3 Å². The van der Waals surface area contributed by atoms with Crippen LogP contribution in [0.25, 0.3) is 0 Å². The Bertz CT molecular complexity index is 805. The summed E-state index contributed by atoms with van der Waals surface area (Å²) in [5.74, 6) is -0.187. The first-order valence-corrected chi connectivity index (χ1v) is 9.59. The van der Waals surface area contributed by atoms with Crippen molar-refractivity contribution in [3.8, 4) is 0 Å². The van der Waals surface area contributed by atoms with Crippen LogP contribution in [0.1, 0.15) is 18.6 Å². The Morgan fingerprint density at radius 2 is 1.96 bits per heavy atom. The van der Waals surface area contributed by atoms with Crippen LogP contribution in [0.2, 0.25) is 0 Å². The van der Waals surface area contributed by atoms with Crippen LogP contribution in [-0.2, 0) is 14.6 Å². The first kappa shape index (κ1) is 16.9. The van der Waals surface area contributed by atoms with Gasteiger partial charge in [-0.05, 0) is 42.0 Å². The SMILES string of the molecule is CCS(=O)(=O)c1ccc(N2CCO[C@H](c3cccc(F)c3)C2)cc1. The maximum absolute atomic E-state index is 13.4. The number of sulfone groups is 1. The van der Waals surface area contributed by atoms with Crippen molar-refractivity contribution in [1.29, 1.82) is 0 Å². The van der Waals surface area contributed by atoms with Crippen LogP contribution in [0.4, 0.5) is 10.1 Å². The van der Waals surface area contributed by atoms with Crippen molar-refractivity contribution in [3.05, 3.63) is 59.9 Å². The second-order valence-electron chi connectivity index (χ2n) is 5.76. The molecule has 0 aromatic heterocycles. The van der Waals surface area contributed by atoms with Crippen LogP contribution in [-0.4, -0.2) is 33.9 Å². The third-order valence-corrected chi connectivity index (χ3v) is 5.98. The molecular formula is C18H20FNO3S. The number of morpholine rings is 1. The monoisotopic (exact) mass is 349 g/mol. The number of rotatable bonds is 4. The Labute approximate surface area is 141 Å². The maximum Gasteiger partial charge on any atom is 0.178 e. The van der Waals surface area contributed by atoms with Crippen molar-refractivity contribution in [1.82, 2.24) is 0 Å². The highest BCUT2D eigenvalue weighted by Crippen LogP contribution is 2.27. The number of hydrogen-bond acceptors (Lipinski definition) is 4. The molecule has 3 rings (SSSR count). The highest BCUT2D eigenvalue weighted by molar-refractivity contribution is 7.91. The molecule has 0 spiro atoms. The number of ether oxygens (including phenoxy) is 1. The zero-order valence-corrected chi connectivity index (χ0v) is 14.3. The lowest BCUT2D eigenvalue weighted by Crippen LogP contribution is -2.38. The van der Waals surface area contributed by atoms with E-state index < -0.39 is 9.84 Å². The average molecular weight is 349 g/mol. The number of nitrogens with zero attached hydrogens (tertiary/aromatic N) is 1. The number of benzene rings is 2. The maximum atomic E-state index is 13.4. The fourth-order valence-corrected chi connectivity index (χ4v) is 3.71. The number of anilines is 1. The van der Waals surface area contributed by atoms with Crippen LogP contribution < -0.4 is 4.90 Å². The third kappa shape index (κ3) is 3.60. The minimum absolute atomic E-state index is 0.0888. The number of halogens is 1. The molecule has 2 aromatic carbocycles. The van der Waals surface area contributed by atoms with Crippen molar-refractivity contribution in [2.45, 2.75) is 17.9 Å². The van der Waals surface area contributed by atoms with E-state index in [1.165, 1.54) is 12.1 Å². The van der Waals surface area contributed by atoms with Crippen molar-refractivity contribution < 1.29 is 17.5 Å². The lowest BCUT2D eigenvalue weighted by Gasteiger charge is -2.34. The molecule has 2 aromatic rings. The van der Waals surface area contributed by atoms with Gasteiger partial charge in [-0.2, -0.15) is 0 Å². The smallest absolute Gasteiger partial charge is 0.178 e. The first-order chi connectivity index (χ1) is 11.5. The normalized spacial score (nSPS) is 18.6. The fourth-order valence-electron chi connectivity index (χ4n) is 2.82.